The number of benzene rings is 3. The summed E-state index contributed by atoms with van der Waals surface area (Å²) in [5, 5.41) is 3.78. The lowest BCUT2D eigenvalue weighted by Crippen LogP contribution is -2.52. The van der Waals surface area contributed by atoms with Gasteiger partial charge >= 0.3 is 0 Å². The van der Waals surface area contributed by atoms with Crippen molar-refractivity contribution in [2.45, 2.75) is 56.1 Å². The average molecular weight is 649 g/mol. The van der Waals surface area contributed by atoms with Gasteiger partial charge in [-0.2, -0.15) is 0 Å². The standard InChI is InChI=1S/C31H35Cl2N3O6S/c1-21(31(38)34-24-9-7-8-10-24)35(19-22-13-14-23(32)17-27(22)33)30(37)20-36(43(39,40)26-11-5-4-6-12-26)28-18-25(41-2)15-16-29(28)42-3/h4-6,11-18,21,24H,7-10,19-20H2,1-3H3,(H,34,38)/t21-/m0/s1. The van der Waals surface area contributed by atoms with Crippen LogP contribution in [0.5, 0.6) is 11.5 Å². The second-order valence-electron chi connectivity index (χ2n) is 10.3. The van der Waals surface area contributed by atoms with E-state index in [0.717, 1.165) is 30.0 Å². The van der Waals surface area contributed by atoms with Crippen molar-refractivity contribution < 1.29 is 27.5 Å². The smallest absolute Gasteiger partial charge is 0.264 e. The summed E-state index contributed by atoms with van der Waals surface area (Å²) >= 11 is 12.6. The van der Waals surface area contributed by atoms with Gasteiger partial charge in [0.15, 0.2) is 0 Å². The minimum atomic E-state index is -4.29. The van der Waals surface area contributed by atoms with Crippen molar-refractivity contribution >= 4 is 50.7 Å². The Morgan fingerprint density at radius 2 is 1.67 bits per heavy atom. The molecular weight excluding hydrogens is 613 g/mol. The van der Waals surface area contributed by atoms with Crippen molar-refractivity contribution in [3.63, 3.8) is 0 Å². The molecule has 0 saturated heterocycles. The molecule has 3 aromatic carbocycles. The summed E-state index contributed by atoms with van der Waals surface area (Å²) in [4.78, 5) is 28.9. The van der Waals surface area contributed by atoms with E-state index < -0.39 is 28.5 Å². The highest BCUT2D eigenvalue weighted by molar-refractivity contribution is 7.92. The summed E-state index contributed by atoms with van der Waals surface area (Å²) in [7, 11) is -1.42. The maximum atomic E-state index is 14.2. The minimum absolute atomic E-state index is 0.0213. The molecule has 1 atom stereocenters. The molecule has 1 fully saturated rings. The summed E-state index contributed by atoms with van der Waals surface area (Å²) in [6, 6.07) is 16.4. The molecule has 3 aromatic rings. The molecule has 0 radical (unpaired) electrons. The first kappa shape index (κ1) is 32.4. The molecule has 0 bridgehead atoms. The van der Waals surface area contributed by atoms with E-state index in [9.17, 15) is 18.0 Å². The first-order chi connectivity index (χ1) is 20.5. The molecule has 1 N–H and O–H groups in total. The third kappa shape index (κ3) is 7.74. The third-order valence-electron chi connectivity index (χ3n) is 7.49. The Labute approximate surface area is 262 Å². The molecular formula is C31H35Cl2N3O6S. The van der Waals surface area contributed by atoms with Crippen LogP contribution in [0.25, 0.3) is 0 Å². The van der Waals surface area contributed by atoms with E-state index >= 15 is 0 Å². The van der Waals surface area contributed by atoms with E-state index in [0.29, 0.717) is 21.4 Å². The maximum Gasteiger partial charge on any atom is 0.264 e. The molecule has 0 spiro atoms. The Morgan fingerprint density at radius 3 is 2.30 bits per heavy atom. The zero-order chi connectivity index (χ0) is 31.1. The number of amides is 2. The SMILES string of the molecule is COc1ccc(OC)c(N(CC(=O)N(Cc2ccc(Cl)cc2Cl)[C@@H](C)C(=O)NC2CCCC2)S(=O)(=O)c2ccccc2)c1. The molecule has 12 heteroatoms. The number of halogens is 2. The van der Waals surface area contributed by atoms with Gasteiger partial charge in [0.05, 0.1) is 24.8 Å². The Balaban J connectivity index is 1.76. The quantitative estimate of drug-likeness (QED) is 0.271. The number of nitrogens with one attached hydrogen (secondary N) is 1. The lowest BCUT2D eigenvalue weighted by atomic mass is 10.1. The summed E-state index contributed by atoms with van der Waals surface area (Å²) in [5.41, 5.74) is 0.656. The van der Waals surface area contributed by atoms with Crippen molar-refractivity contribution in [1.29, 1.82) is 0 Å². The van der Waals surface area contributed by atoms with Gasteiger partial charge in [0.25, 0.3) is 10.0 Å². The predicted molar refractivity (Wildman–Crippen MR) is 167 cm³/mol. The second kappa shape index (κ2) is 14.3. The predicted octanol–water partition coefficient (Wildman–Crippen LogP) is 5.68. The molecule has 43 heavy (non-hydrogen) atoms. The van der Waals surface area contributed by atoms with E-state index in [1.165, 1.54) is 37.3 Å². The number of hydrogen-bond acceptors (Lipinski definition) is 6. The fourth-order valence-corrected chi connectivity index (χ4v) is 6.94. The van der Waals surface area contributed by atoms with Gasteiger partial charge in [-0.15, -0.1) is 0 Å². The lowest BCUT2D eigenvalue weighted by molar-refractivity contribution is -0.139. The van der Waals surface area contributed by atoms with Gasteiger partial charge in [-0.05, 0) is 61.7 Å². The van der Waals surface area contributed by atoms with Crippen molar-refractivity contribution in [3.05, 3.63) is 82.3 Å². The van der Waals surface area contributed by atoms with Gasteiger partial charge < -0.3 is 19.7 Å². The van der Waals surface area contributed by atoms with Crippen LogP contribution in [0.1, 0.15) is 38.2 Å². The van der Waals surface area contributed by atoms with Crippen LogP contribution < -0.4 is 19.1 Å². The molecule has 2 amide bonds. The Kier molecular flexibility index (Phi) is 10.8. The van der Waals surface area contributed by atoms with Crippen LogP contribution >= 0.6 is 23.2 Å². The van der Waals surface area contributed by atoms with Crippen molar-refractivity contribution in [2.75, 3.05) is 25.1 Å². The number of sulfonamides is 1. The number of carbonyl (C=O) groups is 2. The zero-order valence-electron chi connectivity index (χ0n) is 24.3. The van der Waals surface area contributed by atoms with E-state index in [-0.39, 0.29) is 34.8 Å². The molecule has 230 valence electrons. The Morgan fingerprint density at radius 1 is 0.977 bits per heavy atom. The monoisotopic (exact) mass is 647 g/mol. The summed E-state index contributed by atoms with van der Waals surface area (Å²) in [6.07, 6.45) is 3.79. The molecule has 1 saturated carbocycles. The van der Waals surface area contributed by atoms with Crippen molar-refractivity contribution in [2.24, 2.45) is 0 Å². The number of ether oxygens (including phenoxy) is 2. The topological polar surface area (TPSA) is 105 Å². The lowest BCUT2D eigenvalue weighted by Gasteiger charge is -2.33. The van der Waals surface area contributed by atoms with Gasteiger partial charge in [-0.3, -0.25) is 13.9 Å². The number of carbonyl (C=O) groups excluding carboxylic acids is 2. The van der Waals surface area contributed by atoms with Crippen LogP contribution in [0.4, 0.5) is 5.69 Å². The molecule has 0 aromatic heterocycles. The first-order valence-corrected chi connectivity index (χ1v) is 16.1. The molecule has 0 aliphatic heterocycles. The minimum Gasteiger partial charge on any atom is -0.497 e. The molecule has 1 aliphatic carbocycles. The number of nitrogens with zero attached hydrogens (tertiary/aromatic N) is 2. The maximum absolute atomic E-state index is 14.2. The van der Waals surface area contributed by atoms with Crippen molar-refractivity contribution in [1.82, 2.24) is 10.2 Å². The van der Waals surface area contributed by atoms with Gasteiger partial charge in [-0.1, -0.05) is 60.3 Å². The first-order valence-electron chi connectivity index (χ1n) is 13.9. The highest BCUT2D eigenvalue weighted by atomic mass is 35.5. The summed E-state index contributed by atoms with van der Waals surface area (Å²) in [5.74, 6) is -0.371. The van der Waals surface area contributed by atoms with Crippen LogP contribution in [0.15, 0.2) is 71.6 Å². The highest BCUT2D eigenvalue weighted by Crippen LogP contribution is 2.36. The normalized spacial score (nSPS) is 14.2. The molecule has 1 aliphatic rings. The number of methoxy groups -OCH3 is 2. The Bertz CT molecular complexity index is 1550. The zero-order valence-corrected chi connectivity index (χ0v) is 26.6. The summed E-state index contributed by atoms with van der Waals surface area (Å²) in [6.45, 7) is 0.934. The van der Waals surface area contributed by atoms with Crippen LogP contribution in [-0.2, 0) is 26.2 Å². The fraction of sp³-hybridized carbons (Fsp3) is 0.355. The molecule has 0 heterocycles. The number of hydrogen-bond donors (Lipinski definition) is 1. The second-order valence-corrected chi connectivity index (χ2v) is 13.0. The van der Waals surface area contributed by atoms with E-state index in [1.54, 1.807) is 55.5 Å². The van der Waals surface area contributed by atoms with Crippen LogP contribution in [0.2, 0.25) is 10.0 Å². The van der Waals surface area contributed by atoms with Gasteiger partial charge in [-0.25, -0.2) is 8.42 Å². The average Bonchev–Trinajstić information content (AvgIpc) is 3.52. The van der Waals surface area contributed by atoms with Gasteiger partial charge in [0.2, 0.25) is 11.8 Å². The van der Waals surface area contributed by atoms with Crippen LogP contribution in [0.3, 0.4) is 0 Å². The molecule has 9 nitrogen and oxygen atoms in total. The molecule has 0 unspecified atom stereocenters. The molecule has 4 rings (SSSR count). The van der Waals surface area contributed by atoms with Gasteiger partial charge in [0.1, 0.15) is 24.1 Å². The van der Waals surface area contributed by atoms with E-state index in [4.69, 9.17) is 32.7 Å². The van der Waals surface area contributed by atoms with Crippen molar-refractivity contribution in [3.8, 4) is 11.5 Å². The fourth-order valence-electron chi connectivity index (χ4n) is 5.03. The largest absolute Gasteiger partial charge is 0.497 e. The van der Waals surface area contributed by atoms with Crippen LogP contribution in [-0.4, -0.2) is 58.0 Å². The van der Waals surface area contributed by atoms with Gasteiger partial charge in [0, 0.05) is 28.7 Å². The number of rotatable bonds is 12. The number of anilines is 1. The van der Waals surface area contributed by atoms with Crippen LogP contribution in [0, 0.1) is 0 Å². The highest BCUT2D eigenvalue weighted by Gasteiger charge is 2.35. The Hall–Kier alpha value is -3.47. The van der Waals surface area contributed by atoms with E-state index in [1.807, 2.05) is 0 Å². The third-order valence-corrected chi connectivity index (χ3v) is 9.85. The summed E-state index contributed by atoms with van der Waals surface area (Å²) < 4.78 is 40.0. The van der Waals surface area contributed by atoms with E-state index in [2.05, 4.69) is 5.32 Å².